The summed E-state index contributed by atoms with van der Waals surface area (Å²) in [7, 11) is 0. The summed E-state index contributed by atoms with van der Waals surface area (Å²) < 4.78 is 0. The number of aryl methyl sites for hydroxylation is 1. The Morgan fingerprint density at radius 1 is 1.43 bits per heavy atom. The number of nitrogens with zero attached hydrogens (tertiary/aromatic N) is 1. The molecule has 1 fully saturated rings. The average Bonchev–Trinajstić information content (AvgIpc) is 2.94. The number of hydrogen-bond acceptors (Lipinski definition) is 2. The second-order valence-electron chi connectivity index (χ2n) is 6.41. The molecule has 0 radical (unpaired) electrons. The standard InChI is InChI=1S/C18H28N2O/c1-5-10-19-15-8-9-16(14(4)12-15)18(21)20-11-6-7-17(20)13(2)3/h8-9,12-13,17,19H,5-7,10-11H2,1-4H3. The minimum atomic E-state index is 0.200. The smallest absolute Gasteiger partial charge is 0.254 e. The predicted octanol–water partition coefficient (Wildman–Crippen LogP) is 4.08. The van der Waals surface area contributed by atoms with Crippen molar-refractivity contribution in [2.45, 2.75) is 53.0 Å². The molecule has 116 valence electrons. The van der Waals surface area contributed by atoms with E-state index >= 15 is 0 Å². The first-order chi connectivity index (χ1) is 10.0. The number of anilines is 1. The lowest BCUT2D eigenvalue weighted by molar-refractivity contribution is 0.0701. The summed E-state index contributed by atoms with van der Waals surface area (Å²) in [5.74, 6) is 0.730. The van der Waals surface area contributed by atoms with Crippen LogP contribution in [0.1, 0.15) is 56.0 Å². The van der Waals surface area contributed by atoms with Gasteiger partial charge in [-0.25, -0.2) is 0 Å². The molecule has 0 aromatic heterocycles. The van der Waals surface area contributed by atoms with Gasteiger partial charge in [0.25, 0.3) is 5.91 Å². The molecule has 1 N–H and O–H groups in total. The van der Waals surface area contributed by atoms with E-state index in [0.717, 1.165) is 49.2 Å². The molecule has 21 heavy (non-hydrogen) atoms. The summed E-state index contributed by atoms with van der Waals surface area (Å²) in [6.45, 7) is 10.5. The molecule has 0 aliphatic carbocycles. The Balaban J connectivity index is 2.15. The van der Waals surface area contributed by atoms with Gasteiger partial charge in [0, 0.05) is 30.4 Å². The molecule has 1 saturated heterocycles. The first-order valence-electron chi connectivity index (χ1n) is 8.20. The van der Waals surface area contributed by atoms with Crippen molar-refractivity contribution in [1.82, 2.24) is 4.90 Å². The quantitative estimate of drug-likeness (QED) is 0.885. The number of carbonyl (C=O) groups excluding carboxylic acids is 1. The summed E-state index contributed by atoms with van der Waals surface area (Å²) >= 11 is 0. The highest BCUT2D eigenvalue weighted by molar-refractivity contribution is 5.96. The highest BCUT2D eigenvalue weighted by atomic mass is 16.2. The fourth-order valence-corrected chi connectivity index (χ4v) is 3.18. The number of nitrogens with one attached hydrogen (secondary N) is 1. The minimum Gasteiger partial charge on any atom is -0.385 e. The third-order valence-corrected chi connectivity index (χ3v) is 4.37. The van der Waals surface area contributed by atoms with Gasteiger partial charge >= 0.3 is 0 Å². The molecule has 0 bridgehead atoms. The fraction of sp³-hybridized carbons (Fsp3) is 0.611. The molecule has 1 unspecified atom stereocenters. The van der Waals surface area contributed by atoms with Gasteiger partial charge in [0.15, 0.2) is 0 Å². The molecule has 1 aliphatic heterocycles. The maximum atomic E-state index is 12.8. The van der Waals surface area contributed by atoms with Crippen LogP contribution < -0.4 is 5.32 Å². The molecule has 1 atom stereocenters. The van der Waals surface area contributed by atoms with E-state index in [1.165, 1.54) is 0 Å². The number of rotatable bonds is 5. The van der Waals surface area contributed by atoms with E-state index in [9.17, 15) is 4.79 Å². The van der Waals surface area contributed by atoms with Crippen molar-refractivity contribution in [3.63, 3.8) is 0 Å². The SMILES string of the molecule is CCCNc1ccc(C(=O)N2CCCC2C(C)C)c(C)c1. The molecule has 3 nitrogen and oxygen atoms in total. The first-order valence-corrected chi connectivity index (χ1v) is 8.20. The highest BCUT2D eigenvalue weighted by Crippen LogP contribution is 2.27. The topological polar surface area (TPSA) is 32.3 Å². The largest absolute Gasteiger partial charge is 0.385 e. The van der Waals surface area contributed by atoms with Gasteiger partial charge in [-0.15, -0.1) is 0 Å². The number of likely N-dealkylation sites (tertiary alicyclic amines) is 1. The van der Waals surface area contributed by atoms with Crippen LogP contribution in [0.4, 0.5) is 5.69 Å². The first kappa shape index (κ1) is 15.9. The van der Waals surface area contributed by atoms with Crippen molar-refractivity contribution in [2.24, 2.45) is 5.92 Å². The van der Waals surface area contributed by atoms with E-state index in [1.54, 1.807) is 0 Å². The molecule has 1 amide bonds. The summed E-state index contributed by atoms with van der Waals surface area (Å²) in [6.07, 6.45) is 3.37. The molecular formula is C18H28N2O. The van der Waals surface area contributed by atoms with Gasteiger partial charge in [-0.3, -0.25) is 4.79 Å². The second kappa shape index (κ2) is 6.97. The Labute approximate surface area is 128 Å². The third-order valence-electron chi connectivity index (χ3n) is 4.37. The van der Waals surface area contributed by atoms with E-state index in [4.69, 9.17) is 0 Å². The lowest BCUT2D eigenvalue weighted by Gasteiger charge is -2.28. The Hall–Kier alpha value is -1.51. The highest BCUT2D eigenvalue weighted by Gasteiger charge is 2.31. The van der Waals surface area contributed by atoms with Gasteiger partial charge in [0.1, 0.15) is 0 Å². The van der Waals surface area contributed by atoms with Gasteiger partial charge in [-0.1, -0.05) is 20.8 Å². The van der Waals surface area contributed by atoms with Crippen LogP contribution in [0.15, 0.2) is 18.2 Å². The molecule has 0 spiro atoms. The van der Waals surface area contributed by atoms with Crippen LogP contribution in [0.3, 0.4) is 0 Å². The molecule has 1 aliphatic rings. The number of carbonyl (C=O) groups is 1. The van der Waals surface area contributed by atoms with Crippen molar-refractivity contribution >= 4 is 11.6 Å². The molecule has 3 heteroatoms. The van der Waals surface area contributed by atoms with E-state index in [0.29, 0.717) is 12.0 Å². The van der Waals surface area contributed by atoms with Crippen molar-refractivity contribution in [3.8, 4) is 0 Å². The molecule has 2 rings (SSSR count). The van der Waals surface area contributed by atoms with Crippen LogP contribution in [0.25, 0.3) is 0 Å². The average molecular weight is 288 g/mol. The maximum absolute atomic E-state index is 12.8. The molecule has 1 aromatic carbocycles. The van der Waals surface area contributed by atoms with Crippen LogP contribution >= 0.6 is 0 Å². The second-order valence-corrected chi connectivity index (χ2v) is 6.41. The molecule has 1 heterocycles. The predicted molar refractivity (Wildman–Crippen MR) is 88.9 cm³/mol. The maximum Gasteiger partial charge on any atom is 0.254 e. The van der Waals surface area contributed by atoms with E-state index in [1.807, 2.05) is 19.1 Å². The van der Waals surface area contributed by atoms with Crippen molar-refractivity contribution in [3.05, 3.63) is 29.3 Å². The Morgan fingerprint density at radius 2 is 2.19 bits per heavy atom. The number of benzene rings is 1. The van der Waals surface area contributed by atoms with Gasteiger partial charge in [-0.05, 0) is 55.9 Å². The molecule has 1 aromatic rings. The zero-order valence-electron chi connectivity index (χ0n) is 13.8. The van der Waals surface area contributed by atoms with Gasteiger partial charge < -0.3 is 10.2 Å². The summed E-state index contributed by atoms with van der Waals surface area (Å²) in [5.41, 5.74) is 3.02. The summed E-state index contributed by atoms with van der Waals surface area (Å²) in [5, 5.41) is 3.37. The van der Waals surface area contributed by atoms with Crippen LogP contribution in [-0.2, 0) is 0 Å². The fourth-order valence-electron chi connectivity index (χ4n) is 3.18. The van der Waals surface area contributed by atoms with Crippen molar-refractivity contribution < 1.29 is 4.79 Å². The van der Waals surface area contributed by atoms with Crippen LogP contribution in [0, 0.1) is 12.8 Å². The number of amides is 1. The summed E-state index contributed by atoms with van der Waals surface area (Å²) in [6, 6.07) is 6.49. The zero-order chi connectivity index (χ0) is 15.4. The van der Waals surface area contributed by atoms with Gasteiger partial charge in [-0.2, -0.15) is 0 Å². The Kier molecular flexibility index (Phi) is 5.27. The van der Waals surface area contributed by atoms with Crippen LogP contribution in [0.5, 0.6) is 0 Å². The Bertz CT molecular complexity index is 496. The third kappa shape index (κ3) is 3.58. The van der Waals surface area contributed by atoms with Crippen LogP contribution in [-0.4, -0.2) is 29.9 Å². The van der Waals surface area contributed by atoms with Gasteiger partial charge in [0.05, 0.1) is 0 Å². The minimum absolute atomic E-state index is 0.200. The normalized spacial score (nSPS) is 18.3. The monoisotopic (exact) mass is 288 g/mol. The van der Waals surface area contributed by atoms with E-state index in [2.05, 4.69) is 37.1 Å². The van der Waals surface area contributed by atoms with E-state index in [-0.39, 0.29) is 5.91 Å². The molecular weight excluding hydrogens is 260 g/mol. The lowest BCUT2D eigenvalue weighted by Crippen LogP contribution is -2.38. The zero-order valence-corrected chi connectivity index (χ0v) is 13.8. The lowest BCUT2D eigenvalue weighted by atomic mass is 10.0. The van der Waals surface area contributed by atoms with Crippen molar-refractivity contribution in [1.29, 1.82) is 0 Å². The van der Waals surface area contributed by atoms with Crippen LogP contribution in [0.2, 0.25) is 0 Å². The number of hydrogen-bond donors (Lipinski definition) is 1. The van der Waals surface area contributed by atoms with E-state index < -0.39 is 0 Å². The summed E-state index contributed by atoms with van der Waals surface area (Å²) in [4.78, 5) is 14.9. The van der Waals surface area contributed by atoms with Gasteiger partial charge in [0.2, 0.25) is 0 Å². The van der Waals surface area contributed by atoms with Crippen molar-refractivity contribution in [2.75, 3.05) is 18.4 Å². The molecule has 0 saturated carbocycles. The Morgan fingerprint density at radius 3 is 2.81 bits per heavy atom.